The van der Waals surface area contributed by atoms with E-state index in [-0.39, 0.29) is 12.0 Å². The summed E-state index contributed by atoms with van der Waals surface area (Å²) in [5.41, 5.74) is 1.65. The zero-order valence-electron chi connectivity index (χ0n) is 14.3. The van der Waals surface area contributed by atoms with Gasteiger partial charge in [0.1, 0.15) is 6.10 Å². The van der Waals surface area contributed by atoms with Gasteiger partial charge in [-0.2, -0.15) is 0 Å². The van der Waals surface area contributed by atoms with Gasteiger partial charge in [-0.1, -0.05) is 13.3 Å². The number of hydrogen-bond acceptors (Lipinski definition) is 4. The summed E-state index contributed by atoms with van der Waals surface area (Å²) in [5.74, 6) is 1.31. The quantitative estimate of drug-likeness (QED) is 0.711. The summed E-state index contributed by atoms with van der Waals surface area (Å²) in [6.07, 6.45) is 3.97. The van der Waals surface area contributed by atoms with E-state index in [0.29, 0.717) is 24.5 Å². The highest BCUT2D eigenvalue weighted by atomic mass is 16.5. The molecule has 1 aromatic rings. The number of hydrogen-bond donors (Lipinski definition) is 1. The second-order valence-electron chi connectivity index (χ2n) is 5.87. The van der Waals surface area contributed by atoms with Crippen LogP contribution in [0.4, 0.5) is 0 Å². The molecule has 1 heterocycles. The Kier molecular flexibility index (Phi) is 6.71. The molecule has 5 nitrogen and oxygen atoms in total. The Hall–Kier alpha value is -1.75. The lowest BCUT2D eigenvalue weighted by Crippen LogP contribution is -2.25. The van der Waals surface area contributed by atoms with E-state index >= 15 is 0 Å². The van der Waals surface area contributed by atoms with Crippen LogP contribution in [0.1, 0.15) is 49.0 Å². The number of carbonyl (C=O) groups is 1. The molecule has 0 bridgehead atoms. The Labute approximate surface area is 138 Å². The number of nitrogens with one attached hydrogen (secondary N) is 1. The van der Waals surface area contributed by atoms with Crippen LogP contribution in [0.25, 0.3) is 0 Å². The second-order valence-corrected chi connectivity index (χ2v) is 5.87. The number of carbonyl (C=O) groups excluding carboxylic acids is 1. The van der Waals surface area contributed by atoms with Gasteiger partial charge in [-0.25, -0.2) is 0 Å². The van der Waals surface area contributed by atoms with Gasteiger partial charge in [-0.15, -0.1) is 0 Å². The third kappa shape index (κ3) is 4.86. The van der Waals surface area contributed by atoms with Crippen molar-refractivity contribution in [2.45, 2.75) is 45.6 Å². The molecule has 1 amide bonds. The van der Waals surface area contributed by atoms with Gasteiger partial charge in [0, 0.05) is 37.3 Å². The number of fused-ring (bicyclic) bond motifs is 1. The van der Waals surface area contributed by atoms with E-state index in [1.165, 1.54) is 0 Å². The van der Waals surface area contributed by atoms with Gasteiger partial charge in [0.05, 0.1) is 7.11 Å². The average Bonchev–Trinajstić information content (AvgIpc) is 2.92. The van der Waals surface area contributed by atoms with Crippen LogP contribution in [0.3, 0.4) is 0 Å². The van der Waals surface area contributed by atoms with Crippen LogP contribution >= 0.6 is 0 Å². The van der Waals surface area contributed by atoms with Crippen molar-refractivity contribution in [3.8, 4) is 11.5 Å². The molecule has 0 aliphatic carbocycles. The van der Waals surface area contributed by atoms with Crippen LogP contribution in [-0.2, 0) is 11.2 Å². The minimum Gasteiger partial charge on any atom is -0.493 e. The Morgan fingerprint density at radius 1 is 1.35 bits per heavy atom. The number of unbranched alkanes of at least 4 members (excludes halogenated alkanes) is 1. The smallest absolute Gasteiger partial charge is 0.251 e. The Morgan fingerprint density at radius 2 is 2.13 bits per heavy atom. The first-order chi connectivity index (χ1) is 11.2. The predicted molar refractivity (Wildman–Crippen MR) is 89.5 cm³/mol. The molecule has 0 saturated carbocycles. The summed E-state index contributed by atoms with van der Waals surface area (Å²) in [4.78, 5) is 12.3. The molecule has 0 fully saturated rings. The second kappa shape index (κ2) is 8.77. The van der Waals surface area contributed by atoms with Crippen molar-refractivity contribution in [1.29, 1.82) is 0 Å². The molecule has 1 atom stereocenters. The predicted octanol–water partition coefficient (Wildman–Crippen LogP) is 2.96. The zero-order chi connectivity index (χ0) is 16.7. The fraction of sp³-hybridized carbons (Fsp3) is 0.611. The molecule has 1 aliphatic rings. The third-order valence-corrected chi connectivity index (χ3v) is 3.83. The van der Waals surface area contributed by atoms with Crippen LogP contribution in [0.15, 0.2) is 12.1 Å². The standard InChI is InChI=1S/C18H27NO4/c1-4-5-8-22-9-6-7-19-18(20)15-11-14-10-13(2)23-17(14)16(12-15)21-3/h11-13H,4-10H2,1-3H3,(H,19,20). The van der Waals surface area contributed by atoms with Crippen LogP contribution in [0.2, 0.25) is 0 Å². The largest absolute Gasteiger partial charge is 0.493 e. The van der Waals surface area contributed by atoms with Gasteiger partial charge < -0.3 is 19.5 Å². The van der Waals surface area contributed by atoms with E-state index < -0.39 is 0 Å². The summed E-state index contributed by atoms with van der Waals surface area (Å²) in [7, 11) is 1.59. The number of rotatable bonds is 9. The molecule has 0 spiro atoms. The minimum atomic E-state index is -0.0841. The Balaban J connectivity index is 1.84. The molecule has 128 valence electrons. The van der Waals surface area contributed by atoms with Crippen molar-refractivity contribution in [3.05, 3.63) is 23.3 Å². The summed E-state index contributed by atoms with van der Waals surface area (Å²) >= 11 is 0. The van der Waals surface area contributed by atoms with E-state index in [9.17, 15) is 4.79 Å². The molecule has 1 N–H and O–H groups in total. The monoisotopic (exact) mass is 321 g/mol. The normalized spacial score (nSPS) is 15.9. The van der Waals surface area contributed by atoms with Gasteiger partial charge in [-0.05, 0) is 31.9 Å². The first-order valence-corrected chi connectivity index (χ1v) is 8.39. The minimum absolute atomic E-state index is 0.0841. The van der Waals surface area contributed by atoms with Crippen LogP contribution in [-0.4, -0.2) is 38.9 Å². The highest BCUT2D eigenvalue weighted by Gasteiger charge is 2.25. The van der Waals surface area contributed by atoms with E-state index in [0.717, 1.165) is 43.6 Å². The Morgan fingerprint density at radius 3 is 2.87 bits per heavy atom. The summed E-state index contributed by atoms with van der Waals surface area (Å²) in [6, 6.07) is 3.64. The lowest BCUT2D eigenvalue weighted by molar-refractivity contribution is 0.0940. The van der Waals surface area contributed by atoms with E-state index in [1.54, 1.807) is 13.2 Å². The highest BCUT2D eigenvalue weighted by Crippen LogP contribution is 2.38. The number of benzene rings is 1. The molecule has 1 unspecified atom stereocenters. The first kappa shape index (κ1) is 17.6. The maximum absolute atomic E-state index is 12.3. The average molecular weight is 321 g/mol. The lowest BCUT2D eigenvalue weighted by Gasteiger charge is -2.11. The van der Waals surface area contributed by atoms with Crippen molar-refractivity contribution < 1.29 is 19.0 Å². The molecule has 23 heavy (non-hydrogen) atoms. The molecule has 2 rings (SSSR count). The maximum Gasteiger partial charge on any atom is 0.251 e. The van der Waals surface area contributed by atoms with Gasteiger partial charge in [0.15, 0.2) is 11.5 Å². The van der Waals surface area contributed by atoms with Crippen LogP contribution in [0.5, 0.6) is 11.5 Å². The molecule has 1 aliphatic heterocycles. The highest BCUT2D eigenvalue weighted by molar-refractivity contribution is 5.95. The molecule has 5 heteroatoms. The van der Waals surface area contributed by atoms with E-state index in [4.69, 9.17) is 14.2 Å². The van der Waals surface area contributed by atoms with Crippen molar-refractivity contribution in [2.24, 2.45) is 0 Å². The van der Waals surface area contributed by atoms with Crippen LogP contribution < -0.4 is 14.8 Å². The van der Waals surface area contributed by atoms with Gasteiger partial charge in [-0.3, -0.25) is 4.79 Å². The SMILES string of the molecule is CCCCOCCCNC(=O)c1cc2c(c(OC)c1)OC(C)C2. The lowest BCUT2D eigenvalue weighted by atomic mass is 10.1. The summed E-state index contributed by atoms with van der Waals surface area (Å²) in [5, 5.41) is 2.93. The molecule has 1 aromatic carbocycles. The topological polar surface area (TPSA) is 56.8 Å². The Bertz CT molecular complexity index is 530. The van der Waals surface area contributed by atoms with Crippen molar-refractivity contribution >= 4 is 5.91 Å². The van der Waals surface area contributed by atoms with Gasteiger partial charge in [0.25, 0.3) is 5.91 Å². The molecular formula is C18H27NO4. The molecule has 0 saturated heterocycles. The van der Waals surface area contributed by atoms with E-state index in [2.05, 4.69) is 12.2 Å². The molecular weight excluding hydrogens is 294 g/mol. The number of methoxy groups -OCH3 is 1. The maximum atomic E-state index is 12.3. The van der Waals surface area contributed by atoms with Crippen molar-refractivity contribution in [3.63, 3.8) is 0 Å². The van der Waals surface area contributed by atoms with Crippen molar-refractivity contribution in [1.82, 2.24) is 5.32 Å². The summed E-state index contributed by atoms with van der Waals surface area (Å²) < 4.78 is 16.6. The zero-order valence-corrected chi connectivity index (χ0v) is 14.3. The van der Waals surface area contributed by atoms with Crippen molar-refractivity contribution in [2.75, 3.05) is 26.9 Å². The fourth-order valence-corrected chi connectivity index (χ4v) is 2.61. The third-order valence-electron chi connectivity index (χ3n) is 3.83. The van der Waals surface area contributed by atoms with Crippen LogP contribution in [0, 0.1) is 0 Å². The number of amides is 1. The summed E-state index contributed by atoms with van der Waals surface area (Å²) in [6.45, 7) is 6.24. The first-order valence-electron chi connectivity index (χ1n) is 8.39. The van der Waals surface area contributed by atoms with Gasteiger partial charge >= 0.3 is 0 Å². The number of ether oxygens (including phenoxy) is 3. The van der Waals surface area contributed by atoms with E-state index in [1.807, 2.05) is 13.0 Å². The fourth-order valence-electron chi connectivity index (χ4n) is 2.61. The van der Waals surface area contributed by atoms with Gasteiger partial charge in [0.2, 0.25) is 0 Å². The molecule has 0 aromatic heterocycles. The molecule has 0 radical (unpaired) electrons.